The topological polar surface area (TPSA) is 68.0 Å². The number of nitrogens with one attached hydrogen (secondary N) is 1. The molecule has 0 aromatic carbocycles. The van der Waals surface area contributed by atoms with Gasteiger partial charge >= 0.3 is 0 Å². The number of hydrogen-bond acceptors (Lipinski definition) is 6. The fraction of sp³-hybridized carbons (Fsp3) is 0. The van der Waals surface area contributed by atoms with Crippen molar-refractivity contribution in [2.75, 3.05) is 5.32 Å². The van der Waals surface area contributed by atoms with Gasteiger partial charge in [0.05, 0.1) is 11.8 Å². The molecule has 3 rings (SSSR count). The van der Waals surface area contributed by atoms with Gasteiger partial charge in [-0.25, -0.2) is 9.97 Å². The third kappa shape index (κ3) is 2.18. The fourth-order valence-corrected chi connectivity index (χ4v) is 2.58. The van der Waals surface area contributed by atoms with E-state index >= 15 is 0 Å². The zero-order chi connectivity index (χ0) is 12.4. The van der Waals surface area contributed by atoms with Crippen molar-refractivity contribution in [1.29, 1.82) is 0 Å². The minimum Gasteiger partial charge on any atom is -0.463 e. The van der Waals surface area contributed by atoms with Gasteiger partial charge in [0.1, 0.15) is 11.4 Å². The predicted octanol–water partition coefficient (Wildman–Crippen LogP) is 3.11. The van der Waals surface area contributed by atoms with Crippen LogP contribution in [0.1, 0.15) is 10.5 Å². The minimum atomic E-state index is -0.253. The normalized spacial score (nSPS) is 10.4. The molecule has 0 saturated carbocycles. The molecule has 1 N–H and O–H groups in total. The van der Waals surface area contributed by atoms with Gasteiger partial charge in [-0.15, -0.1) is 22.7 Å². The van der Waals surface area contributed by atoms with Crippen LogP contribution in [-0.4, -0.2) is 15.9 Å². The number of amides is 1. The lowest BCUT2D eigenvalue weighted by molar-refractivity contribution is 0.102. The van der Waals surface area contributed by atoms with Gasteiger partial charge in [0.25, 0.3) is 5.91 Å². The molecule has 18 heavy (non-hydrogen) atoms. The largest absolute Gasteiger partial charge is 0.463 e. The molecule has 0 bridgehead atoms. The van der Waals surface area contributed by atoms with Gasteiger partial charge in [-0.1, -0.05) is 0 Å². The second-order valence-electron chi connectivity index (χ2n) is 3.34. The Morgan fingerprint density at radius 1 is 1.39 bits per heavy atom. The summed E-state index contributed by atoms with van der Waals surface area (Å²) in [5, 5.41) is 6.74. The molecule has 0 atom stereocenters. The number of furan rings is 1. The van der Waals surface area contributed by atoms with Gasteiger partial charge in [0.15, 0.2) is 10.9 Å². The summed E-state index contributed by atoms with van der Waals surface area (Å²) in [5.41, 5.74) is 2.72. The van der Waals surface area contributed by atoms with E-state index in [1.807, 2.05) is 11.4 Å². The highest BCUT2D eigenvalue weighted by Crippen LogP contribution is 2.25. The molecule has 0 saturated heterocycles. The number of hydrogen-bond donors (Lipinski definition) is 1. The SMILES string of the molecule is O=C(Nc1nc(-c2ccco2)cs1)c1cscn1. The van der Waals surface area contributed by atoms with Gasteiger partial charge < -0.3 is 4.42 Å². The first-order valence-electron chi connectivity index (χ1n) is 5.02. The number of thiazole rings is 2. The van der Waals surface area contributed by atoms with Crippen molar-refractivity contribution in [1.82, 2.24) is 9.97 Å². The molecular weight excluding hydrogens is 270 g/mol. The molecule has 3 aromatic heterocycles. The standard InChI is InChI=1S/C11H7N3O2S2/c15-10(8-4-17-6-12-8)14-11-13-7(5-18-11)9-2-1-3-16-9/h1-6H,(H,13,14,15). The van der Waals surface area contributed by atoms with E-state index in [-0.39, 0.29) is 5.91 Å². The minimum absolute atomic E-state index is 0.253. The quantitative estimate of drug-likeness (QED) is 0.798. The summed E-state index contributed by atoms with van der Waals surface area (Å²) in [6, 6.07) is 3.61. The lowest BCUT2D eigenvalue weighted by atomic mass is 10.4. The van der Waals surface area contributed by atoms with E-state index in [4.69, 9.17) is 4.42 Å². The lowest BCUT2D eigenvalue weighted by Crippen LogP contribution is -2.11. The first-order chi connectivity index (χ1) is 8.83. The van der Waals surface area contributed by atoms with E-state index in [2.05, 4.69) is 15.3 Å². The van der Waals surface area contributed by atoms with Crippen LogP contribution in [0.5, 0.6) is 0 Å². The summed E-state index contributed by atoms with van der Waals surface area (Å²) in [6.45, 7) is 0. The molecule has 0 fully saturated rings. The van der Waals surface area contributed by atoms with E-state index in [1.165, 1.54) is 22.7 Å². The van der Waals surface area contributed by atoms with Crippen LogP contribution in [0.2, 0.25) is 0 Å². The van der Waals surface area contributed by atoms with Crippen LogP contribution < -0.4 is 5.32 Å². The van der Waals surface area contributed by atoms with Crippen LogP contribution in [-0.2, 0) is 0 Å². The molecule has 7 heteroatoms. The van der Waals surface area contributed by atoms with E-state index in [9.17, 15) is 4.79 Å². The van der Waals surface area contributed by atoms with Gasteiger partial charge in [-0.3, -0.25) is 10.1 Å². The molecule has 1 amide bonds. The van der Waals surface area contributed by atoms with E-state index in [0.29, 0.717) is 22.3 Å². The number of aromatic nitrogens is 2. The molecular formula is C11H7N3O2S2. The zero-order valence-corrected chi connectivity index (χ0v) is 10.6. The monoisotopic (exact) mass is 277 g/mol. The Labute approximate surface area is 110 Å². The molecule has 90 valence electrons. The summed E-state index contributed by atoms with van der Waals surface area (Å²) < 4.78 is 5.23. The number of rotatable bonds is 3. The Balaban J connectivity index is 1.76. The molecule has 3 aromatic rings. The van der Waals surface area contributed by atoms with Crippen molar-refractivity contribution in [3.05, 3.63) is 40.4 Å². The lowest BCUT2D eigenvalue weighted by Gasteiger charge is -1.96. The van der Waals surface area contributed by atoms with Crippen molar-refractivity contribution in [3.8, 4) is 11.5 Å². The highest BCUT2D eigenvalue weighted by molar-refractivity contribution is 7.14. The van der Waals surface area contributed by atoms with Gasteiger partial charge in [-0.05, 0) is 12.1 Å². The molecule has 0 spiro atoms. The smallest absolute Gasteiger partial charge is 0.276 e. The van der Waals surface area contributed by atoms with Crippen LogP contribution in [0.4, 0.5) is 5.13 Å². The second kappa shape index (κ2) is 4.71. The summed E-state index contributed by atoms with van der Waals surface area (Å²) in [6.07, 6.45) is 1.59. The third-order valence-electron chi connectivity index (χ3n) is 2.16. The third-order valence-corrected chi connectivity index (χ3v) is 3.51. The number of anilines is 1. The summed E-state index contributed by atoms with van der Waals surface area (Å²) in [7, 11) is 0. The van der Waals surface area contributed by atoms with Crippen molar-refractivity contribution >= 4 is 33.7 Å². The highest BCUT2D eigenvalue weighted by Gasteiger charge is 2.12. The molecule has 0 radical (unpaired) electrons. The zero-order valence-electron chi connectivity index (χ0n) is 8.99. The number of nitrogens with zero attached hydrogens (tertiary/aromatic N) is 2. The van der Waals surface area contributed by atoms with Crippen LogP contribution in [0.15, 0.2) is 39.1 Å². The first kappa shape index (κ1) is 11.1. The molecule has 0 aliphatic carbocycles. The summed E-state index contributed by atoms with van der Waals surface area (Å²) in [4.78, 5) is 20.0. The average Bonchev–Trinajstić information content (AvgIpc) is 3.12. The van der Waals surface area contributed by atoms with Gasteiger partial charge in [-0.2, -0.15) is 0 Å². The van der Waals surface area contributed by atoms with Crippen molar-refractivity contribution < 1.29 is 9.21 Å². The van der Waals surface area contributed by atoms with Crippen molar-refractivity contribution in [2.24, 2.45) is 0 Å². The van der Waals surface area contributed by atoms with Crippen molar-refractivity contribution in [3.63, 3.8) is 0 Å². The summed E-state index contributed by atoms with van der Waals surface area (Å²) >= 11 is 2.72. The van der Waals surface area contributed by atoms with Crippen molar-refractivity contribution in [2.45, 2.75) is 0 Å². The van der Waals surface area contributed by atoms with E-state index in [0.717, 1.165) is 0 Å². The van der Waals surface area contributed by atoms with Gasteiger partial charge in [0, 0.05) is 10.8 Å². The predicted molar refractivity (Wildman–Crippen MR) is 69.9 cm³/mol. The molecule has 0 unspecified atom stereocenters. The second-order valence-corrected chi connectivity index (χ2v) is 4.92. The Morgan fingerprint density at radius 3 is 3.06 bits per heavy atom. The van der Waals surface area contributed by atoms with Gasteiger partial charge in [0.2, 0.25) is 0 Å². The molecule has 3 heterocycles. The Hall–Kier alpha value is -1.99. The Bertz CT molecular complexity index is 644. The highest BCUT2D eigenvalue weighted by atomic mass is 32.1. The van der Waals surface area contributed by atoms with Crippen LogP contribution in [0, 0.1) is 0 Å². The maximum absolute atomic E-state index is 11.7. The number of carbonyl (C=O) groups is 1. The molecule has 0 aliphatic heterocycles. The van der Waals surface area contributed by atoms with Crippen LogP contribution >= 0.6 is 22.7 Å². The molecule has 0 aliphatic rings. The average molecular weight is 277 g/mol. The molecule has 5 nitrogen and oxygen atoms in total. The van der Waals surface area contributed by atoms with Crippen LogP contribution in [0.25, 0.3) is 11.5 Å². The van der Waals surface area contributed by atoms with E-state index < -0.39 is 0 Å². The Kier molecular flexibility index (Phi) is 2.91. The Morgan fingerprint density at radius 2 is 2.33 bits per heavy atom. The summed E-state index contributed by atoms with van der Waals surface area (Å²) in [5.74, 6) is 0.428. The fourth-order valence-electron chi connectivity index (χ4n) is 1.35. The maximum atomic E-state index is 11.7. The van der Waals surface area contributed by atoms with Crippen LogP contribution in [0.3, 0.4) is 0 Å². The van der Waals surface area contributed by atoms with E-state index in [1.54, 1.807) is 23.2 Å². The number of carbonyl (C=O) groups excluding carboxylic acids is 1. The first-order valence-corrected chi connectivity index (χ1v) is 6.84. The maximum Gasteiger partial charge on any atom is 0.276 e.